The fourth-order valence-electron chi connectivity index (χ4n) is 3.20. The third-order valence-corrected chi connectivity index (χ3v) is 4.74. The highest BCUT2D eigenvalue weighted by atomic mass is 16.5. The van der Waals surface area contributed by atoms with Crippen LogP contribution in [0.25, 0.3) is 0 Å². The molecule has 1 amide bonds. The topological polar surface area (TPSA) is 63.7 Å². The van der Waals surface area contributed by atoms with Crippen LogP contribution in [0.1, 0.15) is 39.9 Å². The van der Waals surface area contributed by atoms with Crippen molar-refractivity contribution in [1.82, 2.24) is 4.90 Å². The Bertz CT molecular complexity index is 835. The molecule has 0 fully saturated rings. The van der Waals surface area contributed by atoms with Gasteiger partial charge >= 0.3 is 0 Å². The minimum absolute atomic E-state index is 0.203. The highest BCUT2D eigenvalue weighted by Crippen LogP contribution is 2.33. The van der Waals surface area contributed by atoms with E-state index in [1.807, 2.05) is 30.3 Å². The molecule has 2 aromatic rings. The van der Waals surface area contributed by atoms with E-state index in [9.17, 15) is 14.4 Å². The quantitative estimate of drug-likeness (QED) is 0.508. The molecule has 1 unspecified atom stereocenters. The molecule has 3 rings (SSSR count). The lowest BCUT2D eigenvalue weighted by Crippen LogP contribution is -2.36. The van der Waals surface area contributed by atoms with Crippen LogP contribution in [0.15, 0.2) is 42.5 Å². The number of carbonyl (C=O) groups excluding carboxylic acids is 3. The number of benzene rings is 2. The number of ether oxygens (including phenoxy) is 1. The largest absolute Gasteiger partial charge is 0.489 e. The van der Waals surface area contributed by atoms with Crippen molar-refractivity contribution in [2.75, 3.05) is 0 Å². The third-order valence-electron chi connectivity index (χ3n) is 4.74. The standard InChI is InChI=1S/C21H20BNO4/c22-11-15-6-8-16(9-7-15)14-27-20-5-1-4-18-19(20)12-23(21(18)26)17(13-25)3-2-10-24/h1,4-10,13,17H,2-3,11-12,14H2. The van der Waals surface area contributed by atoms with Gasteiger partial charge in [0.05, 0.1) is 20.4 Å². The molecule has 1 heterocycles. The second kappa shape index (κ2) is 8.67. The van der Waals surface area contributed by atoms with Gasteiger partial charge in [0.15, 0.2) is 0 Å². The van der Waals surface area contributed by atoms with Crippen molar-refractivity contribution in [3.05, 3.63) is 64.7 Å². The van der Waals surface area contributed by atoms with E-state index in [1.54, 1.807) is 12.1 Å². The highest BCUT2D eigenvalue weighted by molar-refractivity contribution is 6.08. The molecule has 1 atom stereocenters. The molecule has 136 valence electrons. The van der Waals surface area contributed by atoms with Crippen molar-refractivity contribution >= 4 is 26.3 Å². The summed E-state index contributed by atoms with van der Waals surface area (Å²) in [4.78, 5) is 36.2. The Balaban J connectivity index is 1.74. The smallest absolute Gasteiger partial charge is 0.255 e. The number of amides is 1. The van der Waals surface area contributed by atoms with Gasteiger partial charge in [-0.15, -0.1) is 0 Å². The predicted molar refractivity (Wildman–Crippen MR) is 102 cm³/mol. The van der Waals surface area contributed by atoms with Gasteiger partial charge in [0.1, 0.15) is 24.9 Å². The molecule has 0 spiro atoms. The van der Waals surface area contributed by atoms with Crippen molar-refractivity contribution in [1.29, 1.82) is 0 Å². The number of nitrogens with zero attached hydrogens (tertiary/aromatic N) is 1. The second-order valence-corrected chi connectivity index (χ2v) is 6.47. The highest BCUT2D eigenvalue weighted by Gasteiger charge is 2.34. The molecule has 6 heteroatoms. The summed E-state index contributed by atoms with van der Waals surface area (Å²) in [7, 11) is 5.61. The first-order chi connectivity index (χ1) is 13.2. The predicted octanol–water partition coefficient (Wildman–Crippen LogP) is 2.44. The minimum Gasteiger partial charge on any atom is -0.489 e. The van der Waals surface area contributed by atoms with Crippen LogP contribution in [-0.2, 0) is 29.1 Å². The van der Waals surface area contributed by atoms with E-state index in [0.29, 0.717) is 37.2 Å². The maximum atomic E-state index is 12.7. The van der Waals surface area contributed by atoms with Crippen LogP contribution < -0.4 is 4.74 Å². The molecule has 0 saturated carbocycles. The Morgan fingerprint density at radius 3 is 2.52 bits per heavy atom. The van der Waals surface area contributed by atoms with E-state index in [-0.39, 0.29) is 12.3 Å². The summed E-state index contributed by atoms with van der Waals surface area (Å²) in [5.74, 6) is 0.428. The zero-order valence-corrected chi connectivity index (χ0v) is 15.0. The summed E-state index contributed by atoms with van der Waals surface area (Å²) in [5.41, 5.74) is 3.38. The van der Waals surface area contributed by atoms with Crippen LogP contribution in [0.5, 0.6) is 5.75 Å². The Hall–Kier alpha value is -2.89. The summed E-state index contributed by atoms with van der Waals surface area (Å²) in [6.45, 7) is 0.677. The lowest BCUT2D eigenvalue weighted by Gasteiger charge is -2.22. The third kappa shape index (κ3) is 4.10. The second-order valence-electron chi connectivity index (χ2n) is 6.47. The first kappa shape index (κ1) is 18.9. The average Bonchev–Trinajstić information content (AvgIpc) is 3.05. The molecule has 1 aliphatic rings. The zero-order chi connectivity index (χ0) is 19.2. The Labute approximate surface area is 159 Å². The summed E-state index contributed by atoms with van der Waals surface area (Å²) >= 11 is 0. The van der Waals surface area contributed by atoms with Crippen LogP contribution in [0.4, 0.5) is 0 Å². The molecule has 0 saturated heterocycles. The maximum absolute atomic E-state index is 12.7. The van der Waals surface area contributed by atoms with Crippen molar-refractivity contribution in [3.63, 3.8) is 0 Å². The average molecular weight is 361 g/mol. The van der Waals surface area contributed by atoms with Gasteiger partial charge in [0.25, 0.3) is 5.91 Å². The van der Waals surface area contributed by atoms with E-state index in [2.05, 4.69) is 0 Å². The van der Waals surface area contributed by atoms with Crippen LogP contribution in [0.3, 0.4) is 0 Å². The van der Waals surface area contributed by atoms with Crippen LogP contribution in [-0.4, -0.2) is 37.3 Å². The fourth-order valence-corrected chi connectivity index (χ4v) is 3.20. The monoisotopic (exact) mass is 361 g/mol. The number of fused-ring (bicyclic) bond motifs is 1. The number of hydrogen-bond donors (Lipinski definition) is 0. The van der Waals surface area contributed by atoms with E-state index in [1.165, 1.54) is 4.90 Å². The van der Waals surface area contributed by atoms with Crippen molar-refractivity contribution in [2.24, 2.45) is 0 Å². The van der Waals surface area contributed by atoms with Crippen LogP contribution in [0.2, 0.25) is 0 Å². The van der Waals surface area contributed by atoms with Gasteiger partial charge < -0.3 is 19.2 Å². The van der Waals surface area contributed by atoms with E-state index in [4.69, 9.17) is 12.6 Å². The van der Waals surface area contributed by atoms with Gasteiger partial charge in [-0.3, -0.25) is 4.79 Å². The van der Waals surface area contributed by atoms with E-state index < -0.39 is 6.04 Å². The van der Waals surface area contributed by atoms with Gasteiger partial charge in [-0.2, -0.15) is 0 Å². The molecule has 1 aliphatic heterocycles. The minimum atomic E-state index is -0.605. The molecular formula is C21H20BNO4. The zero-order valence-electron chi connectivity index (χ0n) is 15.0. The number of hydrogen-bond acceptors (Lipinski definition) is 4. The Kier molecular flexibility index (Phi) is 6.06. The van der Waals surface area contributed by atoms with Crippen molar-refractivity contribution in [2.45, 2.75) is 38.4 Å². The van der Waals surface area contributed by atoms with Crippen LogP contribution >= 0.6 is 0 Å². The molecule has 0 aliphatic carbocycles. The number of carbonyl (C=O) groups is 3. The number of rotatable bonds is 9. The SMILES string of the molecule is [B]Cc1ccc(COc2cccc3c2CN(C(C=O)CCC=O)C3=O)cc1. The summed E-state index contributed by atoms with van der Waals surface area (Å²) < 4.78 is 5.94. The molecule has 5 nitrogen and oxygen atoms in total. The fraction of sp³-hybridized carbons (Fsp3) is 0.286. The Morgan fingerprint density at radius 2 is 1.85 bits per heavy atom. The molecule has 0 aromatic heterocycles. The van der Waals surface area contributed by atoms with Crippen molar-refractivity contribution in [3.8, 4) is 5.75 Å². The van der Waals surface area contributed by atoms with Crippen molar-refractivity contribution < 1.29 is 19.1 Å². The molecule has 0 N–H and O–H groups in total. The summed E-state index contributed by atoms with van der Waals surface area (Å²) in [5, 5.41) is 0. The summed E-state index contributed by atoms with van der Waals surface area (Å²) in [6.07, 6.45) is 2.55. The molecular weight excluding hydrogens is 341 g/mol. The Morgan fingerprint density at radius 1 is 1.11 bits per heavy atom. The van der Waals surface area contributed by atoms with Gasteiger partial charge in [0, 0.05) is 17.5 Å². The van der Waals surface area contributed by atoms with Gasteiger partial charge in [-0.25, -0.2) is 0 Å². The van der Waals surface area contributed by atoms with E-state index in [0.717, 1.165) is 29.3 Å². The first-order valence-corrected chi connectivity index (χ1v) is 8.90. The van der Waals surface area contributed by atoms with Gasteiger partial charge in [-0.1, -0.05) is 42.2 Å². The number of aldehydes is 2. The molecule has 27 heavy (non-hydrogen) atoms. The molecule has 2 aromatic carbocycles. The molecule has 2 radical (unpaired) electrons. The van der Waals surface area contributed by atoms with Gasteiger partial charge in [-0.05, 0) is 24.1 Å². The van der Waals surface area contributed by atoms with E-state index >= 15 is 0 Å². The lowest BCUT2D eigenvalue weighted by atomic mass is 9.96. The normalized spacial score (nSPS) is 13.9. The van der Waals surface area contributed by atoms with Crippen LogP contribution in [0, 0.1) is 0 Å². The van der Waals surface area contributed by atoms with Gasteiger partial charge in [0.2, 0.25) is 0 Å². The first-order valence-electron chi connectivity index (χ1n) is 8.90. The molecule has 0 bridgehead atoms. The maximum Gasteiger partial charge on any atom is 0.255 e. The lowest BCUT2D eigenvalue weighted by molar-refractivity contribution is -0.112. The summed E-state index contributed by atoms with van der Waals surface area (Å²) in [6, 6.07) is 12.6.